The lowest BCUT2D eigenvalue weighted by Gasteiger charge is -2.21. The van der Waals surface area contributed by atoms with Crippen LogP contribution in [-0.4, -0.2) is 34.7 Å². The summed E-state index contributed by atoms with van der Waals surface area (Å²) in [6.45, 7) is 4.44. The van der Waals surface area contributed by atoms with E-state index in [1.54, 1.807) is 11.3 Å². The molecule has 92 valence electrons. The lowest BCUT2D eigenvalue weighted by atomic mass is 10.2. The van der Waals surface area contributed by atoms with Gasteiger partial charge in [-0.05, 0) is 26.5 Å². The first-order chi connectivity index (χ1) is 7.69. The number of thiazole rings is 1. The first-order valence-electron chi connectivity index (χ1n) is 5.44. The van der Waals surface area contributed by atoms with E-state index in [0.29, 0.717) is 12.1 Å². The SMILES string of the molecule is CSCC(CCO)NC(C)c1scnc1C. The number of rotatable bonds is 7. The van der Waals surface area contributed by atoms with Crippen molar-refractivity contribution in [1.82, 2.24) is 10.3 Å². The van der Waals surface area contributed by atoms with Gasteiger partial charge in [0.05, 0.1) is 11.2 Å². The van der Waals surface area contributed by atoms with Crippen LogP contribution in [0.2, 0.25) is 0 Å². The van der Waals surface area contributed by atoms with Gasteiger partial charge in [0.1, 0.15) is 0 Å². The molecule has 1 aromatic rings. The van der Waals surface area contributed by atoms with Gasteiger partial charge in [-0.1, -0.05) is 0 Å². The van der Waals surface area contributed by atoms with Gasteiger partial charge in [-0.2, -0.15) is 11.8 Å². The zero-order valence-corrected chi connectivity index (χ0v) is 11.7. The standard InChI is InChI=1S/C11H20N2OS2/c1-8-11(16-7-12-8)9(2)13-10(4-5-14)6-15-3/h7,9-10,13-14H,4-6H2,1-3H3. The summed E-state index contributed by atoms with van der Waals surface area (Å²) >= 11 is 3.50. The van der Waals surface area contributed by atoms with E-state index in [-0.39, 0.29) is 6.61 Å². The predicted molar refractivity (Wildman–Crippen MR) is 72.3 cm³/mol. The lowest BCUT2D eigenvalue weighted by molar-refractivity contribution is 0.266. The highest BCUT2D eigenvalue weighted by atomic mass is 32.2. The van der Waals surface area contributed by atoms with Crippen LogP contribution in [0.15, 0.2) is 5.51 Å². The number of aliphatic hydroxyl groups excluding tert-OH is 1. The largest absolute Gasteiger partial charge is 0.396 e. The minimum atomic E-state index is 0.243. The molecule has 0 radical (unpaired) electrons. The second kappa shape index (κ2) is 7.27. The third kappa shape index (κ3) is 4.05. The summed E-state index contributed by atoms with van der Waals surface area (Å²) in [4.78, 5) is 5.56. The van der Waals surface area contributed by atoms with Gasteiger partial charge in [-0.3, -0.25) is 0 Å². The van der Waals surface area contributed by atoms with Gasteiger partial charge in [0.15, 0.2) is 0 Å². The molecular formula is C11H20N2OS2. The summed E-state index contributed by atoms with van der Waals surface area (Å²) in [6.07, 6.45) is 2.90. The monoisotopic (exact) mass is 260 g/mol. The highest BCUT2D eigenvalue weighted by Crippen LogP contribution is 2.22. The molecule has 0 aliphatic carbocycles. The van der Waals surface area contributed by atoms with Crippen molar-refractivity contribution in [3.63, 3.8) is 0 Å². The molecule has 2 unspecified atom stereocenters. The fourth-order valence-corrected chi connectivity index (χ4v) is 3.21. The normalized spacial score (nSPS) is 15.0. The van der Waals surface area contributed by atoms with Gasteiger partial charge in [-0.25, -0.2) is 4.98 Å². The second-order valence-corrected chi connectivity index (χ2v) is 5.65. The van der Waals surface area contributed by atoms with Crippen molar-refractivity contribution in [3.8, 4) is 0 Å². The predicted octanol–water partition coefficient (Wildman–Crippen LogP) is 2.22. The second-order valence-electron chi connectivity index (χ2n) is 3.85. The van der Waals surface area contributed by atoms with E-state index in [4.69, 9.17) is 5.11 Å². The molecule has 0 aliphatic heterocycles. The van der Waals surface area contributed by atoms with Crippen molar-refractivity contribution in [2.24, 2.45) is 0 Å². The Morgan fingerprint density at radius 2 is 2.38 bits per heavy atom. The molecule has 1 heterocycles. The molecule has 0 bridgehead atoms. The average molecular weight is 260 g/mol. The van der Waals surface area contributed by atoms with E-state index in [1.165, 1.54) is 4.88 Å². The zero-order valence-electron chi connectivity index (χ0n) is 10.1. The Hall–Kier alpha value is -0.100. The molecule has 2 atom stereocenters. The molecule has 0 spiro atoms. The number of thioether (sulfide) groups is 1. The van der Waals surface area contributed by atoms with Gasteiger partial charge in [0.25, 0.3) is 0 Å². The summed E-state index contributed by atoms with van der Waals surface area (Å²) in [5, 5.41) is 12.6. The summed E-state index contributed by atoms with van der Waals surface area (Å²) in [5.41, 5.74) is 3.00. The third-order valence-corrected chi connectivity index (χ3v) is 4.36. The number of hydrogen-bond acceptors (Lipinski definition) is 5. The number of hydrogen-bond donors (Lipinski definition) is 2. The summed E-state index contributed by atoms with van der Waals surface area (Å²) < 4.78 is 0. The van der Waals surface area contributed by atoms with Crippen LogP contribution < -0.4 is 5.32 Å². The molecule has 0 saturated heterocycles. The van der Waals surface area contributed by atoms with Crippen molar-refractivity contribution in [1.29, 1.82) is 0 Å². The summed E-state index contributed by atoms with van der Waals surface area (Å²) in [5.74, 6) is 1.03. The van der Waals surface area contributed by atoms with E-state index in [9.17, 15) is 0 Å². The van der Waals surface area contributed by atoms with E-state index in [1.807, 2.05) is 24.2 Å². The maximum atomic E-state index is 9.00. The Morgan fingerprint density at radius 3 is 2.88 bits per heavy atom. The molecule has 16 heavy (non-hydrogen) atoms. The summed E-state index contributed by atoms with van der Waals surface area (Å²) in [7, 11) is 0. The fraction of sp³-hybridized carbons (Fsp3) is 0.727. The van der Waals surface area contributed by atoms with Crippen LogP contribution >= 0.6 is 23.1 Å². The van der Waals surface area contributed by atoms with Crippen molar-refractivity contribution in [2.75, 3.05) is 18.6 Å². The average Bonchev–Trinajstić information content (AvgIpc) is 2.65. The third-order valence-electron chi connectivity index (χ3n) is 2.51. The lowest BCUT2D eigenvalue weighted by Crippen LogP contribution is -2.34. The quantitative estimate of drug-likeness (QED) is 0.789. The molecule has 3 nitrogen and oxygen atoms in total. The number of aliphatic hydroxyl groups is 1. The zero-order chi connectivity index (χ0) is 12.0. The molecule has 0 aromatic carbocycles. The van der Waals surface area contributed by atoms with Crippen LogP contribution in [0.3, 0.4) is 0 Å². The Labute approximate surface area is 106 Å². The minimum absolute atomic E-state index is 0.243. The van der Waals surface area contributed by atoms with Crippen LogP contribution in [0.4, 0.5) is 0 Å². The molecule has 1 aromatic heterocycles. The van der Waals surface area contributed by atoms with Gasteiger partial charge in [-0.15, -0.1) is 11.3 Å². The van der Waals surface area contributed by atoms with Gasteiger partial charge < -0.3 is 10.4 Å². The number of aryl methyl sites for hydroxylation is 1. The molecular weight excluding hydrogens is 240 g/mol. The number of nitrogens with zero attached hydrogens (tertiary/aromatic N) is 1. The van der Waals surface area contributed by atoms with Crippen LogP contribution in [0.25, 0.3) is 0 Å². The van der Waals surface area contributed by atoms with E-state index in [0.717, 1.165) is 17.9 Å². The smallest absolute Gasteiger partial charge is 0.0798 e. The Bertz CT molecular complexity index is 298. The molecule has 0 saturated carbocycles. The Kier molecular flexibility index (Phi) is 6.34. The molecule has 1 rings (SSSR count). The van der Waals surface area contributed by atoms with E-state index >= 15 is 0 Å². The first kappa shape index (κ1) is 14.0. The molecule has 2 N–H and O–H groups in total. The number of nitrogens with one attached hydrogen (secondary N) is 1. The maximum Gasteiger partial charge on any atom is 0.0798 e. The van der Waals surface area contributed by atoms with Crippen molar-refractivity contribution in [2.45, 2.75) is 32.4 Å². The van der Waals surface area contributed by atoms with Gasteiger partial charge >= 0.3 is 0 Å². The highest BCUT2D eigenvalue weighted by Gasteiger charge is 2.15. The van der Waals surface area contributed by atoms with Crippen molar-refractivity contribution < 1.29 is 5.11 Å². The Morgan fingerprint density at radius 1 is 1.62 bits per heavy atom. The van der Waals surface area contributed by atoms with Gasteiger partial charge in [0, 0.05) is 29.3 Å². The Balaban J connectivity index is 2.54. The fourth-order valence-electron chi connectivity index (χ4n) is 1.73. The van der Waals surface area contributed by atoms with Crippen molar-refractivity contribution in [3.05, 3.63) is 16.1 Å². The highest BCUT2D eigenvalue weighted by molar-refractivity contribution is 7.98. The maximum absolute atomic E-state index is 9.00. The van der Waals surface area contributed by atoms with Crippen LogP contribution in [0, 0.1) is 6.92 Å². The molecule has 5 heteroatoms. The van der Waals surface area contributed by atoms with Crippen molar-refractivity contribution >= 4 is 23.1 Å². The summed E-state index contributed by atoms with van der Waals surface area (Å²) in [6, 6.07) is 0.688. The molecule has 0 amide bonds. The first-order valence-corrected chi connectivity index (χ1v) is 7.72. The van der Waals surface area contributed by atoms with Gasteiger partial charge in [0.2, 0.25) is 0 Å². The topological polar surface area (TPSA) is 45.1 Å². The van der Waals surface area contributed by atoms with E-state index < -0.39 is 0 Å². The van der Waals surface area contributed by atoms with Crippen LogP contribution in [0.5, 0.6) is 0 Å². The minimum Gasteiger partial charge on any atom is -0.396 e. The molecule has 0 aliphatic rings. The van der Waals surface area contributed by atoms with E-state index in [2.05, 4.69) is 23.5 Å². The number of aromatic nitrogens is 1. The molecule has 0 fully saturated rings. The van der Waals surface area contributed by atoms with Crippen LogP contribution in [0.1, 0.15) is 30.0 Å². The van der Waals surface area contributed by atoms with Crippen LogP contribution in [-0.2, 0) is 0 Å².